The largest absolute Gasteiger partial charge is 0.279 e. The maximum absolute atomic E-state index is 12.2. The molecule has 0 spiro atoms. The second-order valence-electron chi connectivity index (χ2n) is 4.11. The smallest absolute Gasteiger partial charge is 0.271 e. The van der Waals surface area contributed by atoms with Crippen LogP contribution in [0.1, 0.15) is 16.7 Å². The molecule has 8 heteroatoms. The van der Waals surface area contributed by atoms with Gasteiger partial charge in [-0.15, -0.1) is 11.3 Å². The molecule has 1 N–H and O–H groups in total. The van der Waals surface area contributed by atoms with Gasteiger partial charge in [-0.3, -0.25) is 4.72 Å². The van der Waals surface area contributed by atoms with Crippen molar-refractivity contribution in [3.8, 4) is 12.1 Å². The molecule has 0 saturated heterocycles. The first-order valence-electron chi connectivity index (χ1n) is 5.60. The Balaban J connectivity index is 2.38. The highest BCUT2D eigenvalue weighted by Crippen LogP contribution is 2.31. The molecule has 0 aliphatic carbocycles. The number of hydrogen-bond acceptors (Lipinski definition) is 5. The lowest BCUT2D eigenvalue weighted by atomic mass is 10.1. The molecule has 1 heterocycles. The fraction of sp³-hybridized carbons (Fsp3) is 0.0769. The summed E-state index contributed by atoms with van der Waals surface area (Å²) in [5, 5.41) is 17.8. The molecule has 0 amide bonds. The van der Waals surface area contributed by atoms with Crippen molar-refractivity contribution in [2.45, 2.75) is 11.1 Å². The highest BCUT2D eigenvalue weighted by Gasteiger charge is 2.19. The molecule has 2 aromatic rings. The van der Waals surface area contributed by atoms with Gasteiger partial charge >= 0.3 is 0 Å². The number of nitrogens with zero attached hydrogens (tertiary/aromatic N) is 2. The number of hydrogen-bond donors (Lipinski definition) is 1. The van der Waals surface area contributed by atoms with Crippen LogP contribution in [0, 0.1) is 29.6 Å². The van der Waals surface area contributed by atoms with Crippen molar-refractivity contribution in [3.63, 3.8) is 0 Å². The third-order valence-corrected chi connectivity index (χ3v) is 6.02. The lowest BCUT2D eigenvalue weighted by Gasteiger charge is -2.06. The second kappa shape index (κ2) is 5.74. The molecule has 0 saturated carbocycles. The summed E-state index contributed by atoms with van der Waals surface area (Å²) in [5.41, 5.74) is 1.20. The van der Waals surface area contributed by atoms with Crippen molar-refractivity contribution in [1.29, 1.82) is 10.5 Å². The predicted molar refractivity (Wildman–Crippen MR) is 80.7 cm³/mol. The Kier molecular flexibility index (Phi) is 4.19. The van der Waals surface area contributed by atoms with Gasteiger partial charge in [0.15, 0.2) is 0 Å². The topological polar surface area (TPSA) is 93.8 Å². The van der Waals surface area contributed by atoms with Gasteiger partial charge in [-0.2, -0.15) is 10.5 Å². The maximum Gasteiger partial charge on any atom is 0.271 e. The molecule has 5 nitrogen and oxygen atoms in total. The van der Waals surface area contributed by atoms with Gasteiger partial charge in [0.25, 0.3) is 10.0 Å². The number of sulfonamides is 1. The summed E-state index contributed by atoms with van der Waals surface area (Å²) in [6.07, 6.45) is 0. The zero-order chi connectivity index (χ0) is 15.6. The molecule has 0 atom stereocenters. The first kappa shape index (κ1) is 15.3. The Morgan fingerprint density at radius 3 is 2.38 bits per heavy atom. The molecule has 0 aliphatic heterocycles. The van der Waals surface area contributed by atoms with Crippen molar-refractivity contribution in [2.75, 3.05) is 4.72 Å². The van der Waals surface area contributed by atoms with E-state index in [0.29, 0.717) is 9.90 Å². The van der Waals surface area contributed by atoms with Crippen LogP contribution < -0.4 is 4.72 Å². The van der Waals surface area contributed by atoms with Crippen LogP contribution in [0.2, 0.25) is 4.34 Å². The first-order valence-corrected chi connectivity index (χ1v) is 8.28. The van der Waals surface area contributed by atoms with Gasteiger partial charge < -0.3 is 0 Å². The molecule has 1 aromatic carbocycles. The molecule has 21 heavy (non-hydrogen) atoms. The molecule has 0 radical (unpaired) electrons. The molecule has 0 bridgehead atoms. The highest BCUT2D eigenvalue weighted by molar-refractivity contribution is 7.94. The highest BCUT2D eigenvalue weighted by atomic mass is 35.5. The van der Waals surface area contributed by atoms with E-state index in [2.05, 4.69) is 4.72 Å². The van der Waals surface area contributed by atoms with Crippen molar-refractivity contribution in [3.05, 3.63) is 45.3 Å². The second-order valence-corrected chi connectivity index (χ2v) is 7.68. The summed E-state index contributed by atoms with van der Waals surface area (Å²) in [5.74, 6) is 0. The Bertz CT molecular complexity index is 870. The predicted octanol–water partition coefficient (Wildman–Crippen LogP) is 3.25. The van der Waals surface area contributed by atoms with Crippen LogP contribution in [0.3, 0.4) is 0 Å². The zero-order valence-corrected chi connectivity index (χ0v) is 13.1. The molecular formula is C13H8ClN3O2S2. The number of rotatable bonds is 3. The SMILES string of the molecule is Cc1cc(S(=O)(=O)Nc2ccc(C#N)c(C#N)c2)sc1Cl. The van der Waals surface area contributed by atoms with Gasteiger partial charge in [-0.1, -0.05) is 11.6 Å². The molecule has 2 rings (SSSR count). The van der Waals surface area contributed by atoms with E-state index in [4.69, 9.17) is 22.1 Å². The van der Waals surface area contributed by atoms with E-state index in [1.165, 1.54) is 24.3 Å². The lowest BCUT2D eigenvalue weighted by Crippen LogP contribution is -2.11. The minimum atomic E-state index is -3.77. The van der Waals surface area contributed by atoms with Crippen molar-refractivity contribution in [2.24, 2.45) is 0 Å². The quantitative estimate of drug-likeness (QED) is 0.930. The molecule has 0 fully saturated rings. The van der Waals surface area contributed by atoms with Gasteiger partial charge in [-0.25, -0.2) is 8.42 Å². The van der Waals surface area contributed by atoms with Gasteiger partial charge in [0.1, 0.15) is 16.3 Å². The van der Waals surface area contributed by atoms with Crippen LogP contribution in [0.5, 0.6) is 0 Å². The Labute approximate surface area is 131 Å². The normalized spacial score (nSPS) is 10.7. The summed E-state index contributed by atoms with van der Waals surface area (Å²) in [4.78, 5) is 0. The van der Waals surface area contributed by atoms with E-state index in [1.807, 2.05) is 12.1 Å². The van der Waals surface area contributed by atoms with Crippen LogP contribution >= 0.6 is 22.9 Å². The standard InChI is InChI=1S/C13H8ClN3O2S2/c1-8-4-12(20-13(8)14)21(18,19)17-11-3-2-9(6-15)10(5-11)7-16/h2-5,17H,1H3. The van der Waals surface area contributed by atoms with Crippen LogP contribution in [-0.4, -0.2) is 8.42 Å². The minimum Gasteiger partial charge on any atom is -0.279 e. The molecule has 0 aliphatic rings. The van der Waals surface area contributed by atoms with Crippen LogP contribution in [-0.2, 0) is 10.0 Å². The summed E-state index contributed by atoms with van der Waals surface area (Å²) in [7, 11) is -3.77. The van der Waals surface area contributed by atoms with E-state index in [0.717, 1.165) is 11.3 Å². The van der Waals surface area contributed by atoms with Crippen molar-refractivity contribution >= 4 is 38.6 Å². The van der Waals surface area contributed by atoms with Crippen molar-refractivity contribution < 1.29 is 8.42 Å². The number of benzene rings is 1. The minimum absolute atomic E-state index is 0.0906. The van der Waals surface area contributed by atoms with E-state index >= 15 is 0 Å². The molecule has 106 valence electrons. The number of anilines is 1. The Morgan fingerprint density at radius 2 is 1.86 bits per heavy atom. The fourth-order valence-corrected chi connectivity index (χ4v) is 4.32. The Morgan fingerprint density at radius 1 is 1.19 bits per heavy atom. The number of aryl methyl sites for hydroxylation is 1. The summed E-state index contributed by atoms with van der Waals surface area (Å²) in [6.45, 7) is 1.72. The van der Waals surface area contributed by atoms with Gasteiger partial charge in [0, 0.05) is 0 Å². The van der Waals surface area contributed by atoms with E-state index in [1.54, 1.807) is 6.92 Å². The number of halogens is 1. The van der Waals surface area contributed by atoms with E-state index < -0.39 is 10.0 Å². The van der Waals surface area contributed by atoms with Gasteiger partial charge in [0.2, 0.25) is 0 Å². The zero-order valence-electron chi connectivity index (χ0n) is 10.7. The maximum atomic E-state index is 12.2. The summed E-state index contributed by atoms with van der Waals surface area (Å²) in [6, 6.07) is 9.33. The number of thiophene rings is 1. The van der Waals surface area contributed by atoms with Crippen LogP contribution in [0.15, 0.2) is 28.5 Å². The van der Waals surface area contributed by atoms with Crippen molar-refractivity contribution in [1.82, 2.24) is 0 Å². The lowest BCUT2D eigenvalue weighted by molar-refractivity contribution is 0.603. The third kappa shape index (κ3) is 3.17. The first-order chi connectivity index (χ1) is 9.87. The molecule has 0 unspecified atom stereocenters. The van der Waals surface area contributed by atoms with Gasteiger partial charge in [0.05, 0.1) is 21.2 Å². The van der Waals surface area contributed by atoms with E-state index in [-0.39, 0.29) is 21.0 Å². The molecule has 1 aromatic heterocycles. The average Bonchev–Trinajstić information content (AvgIpc) is 2.79. The van der Waals surface area contributed by atoms with Gasteiger partial charge in [-0.05, 0) is 36.8 Å². The Hall–Kier alpha value is -2.06. The average molecular weight is 338 g/mol. The summed E-state index contributed by atoms with van der Waals surface area (Å²) < 4.78 is 27.3. The number of nitriles is 2. The summed E-state index contributed by atoms with van der Waals surface area (Å²) >= 11 is 6.83. The monoisotopic (exact) mass is 337 g/mol. The fourth-order valence-electron chi connectivity index (χ4n) is 1.57. The van der Waals surface area contributed by atoms with Crippen LogP contribution in [0.25, 0.3) is 0 Å². The van der Waals surface area contributed by atoms with Crippen LogP contribution in [0.4, 0.5) is 5.69 Å². The molecular weight excluding hydrogens is 330 g/mol. The number of nitrogens with one attached hydrogen (secondary N) is 1. The van der Waals surface area contributed by atoms with E-state index in [9.17, 15) is 8.42 Å². The third-order valence-electron chi connectivity index (χ3n) is 2.61.